The summed E-state index contributed by atoms with van der Waals surface area (Å²) in [5.41, 5.74) is 2.22. The van der Waals surface area contributed by atoms with Crippen LogP contribution in [0.3, 0.4) is 0 Å². The molecule has 1 aliphatic rings. The molecule has 1 N–H and O–H groups in total. The molecule has 1 aromatic rings. The van der Waals surface area contributed by atoms with Crippen LogP contribution in [0.2, 0.25) is 0 Å². The maximum atomic E-state index is 13.2. The van der Waals surface area contributed by atoms with E-state index in [-0.39, 0.29) is 5.75 Å². The van der Waals surface area contributed by atoms with Gasteiger partial charge in [-0.1, -0.05) is 19.8 Å². The van der Waals surface area contributed by atoms with Gasteiger partial charge in [-0.3, -0.25) is 0 Å². The molecule has 0 saturated carbocycles. The van der Waals surface area contributed by atoms with Gasteiger partial charge in [-0.2, -0.15) is 0 Å². The lowest BCUT2D eigenvalue weighted by Crippen LogP contribution is -2.14. The number of rotatable bonds is 2. The Hall–Kier alpha value is -1.05. The highest BCUT2D eigenvalue weighted by molar-refractivity contribution is 5.37. The maximum absolute atomic E-state index is 13.2. The zero-order chi connectivity index (χ0) is 10.8. The molecule has 0 fully saturated rings. The summed E-state index contributed by atoms with van der Waals surface area (Å²) in [7, 11) is 0. The molecule has 0 radical (unpaired) electrons. The number of benzene rings is 1. The fourth-order valence-corrected chi connectivity index (χ4v) is 2.50. The molecule has 0 amide bonds. The van der Waals surface area contributed by atoms with Crippen LogP contribution in [0.5, 0.6) is 5.75 Å². The van der Waals surface area contributed by atoms with Gasteiger partial charge in [0.25, 0.3) is 0 Å². The Balaban J connectivity index is 2.22. The van der Waals surface area contributed by atoms with E-state index in [1.165, 1.54) is 25.3 Å². The van der Waals surface area contributed by atoms with Crippen molar-refractivity contribution in [1.29, 1.82) is 0 Å². The van der Waals surface area contributed by atoms with Crippen LogP contribution in [0, 0.1) is 11.7 Å². The molecule has 2 heteroatoms. The summed E-state index contributed by atoms with van der Waals surface area (Å²) in [6.45, 7) is 2.19. The van der Waals surface area contributed by atoms with Crippen LogP contribution < -0.4 is 0 Å². The molecule has 15 heavy (non-hydrogen) atoms. The van der Waals surface area contributed by atoms with Crippen molar-refractivity contribution in [3.63, 3.8) is 0 Å². The van der Waals surface area contributed by atoms with Gasteiger partial charge in [0, 0.05) is 0 Å². The van der Waals surface area contributed by atoms with Crippen LogP contribution in [0.15, 0.2) is 12.1 Å². The van der Waals surface area contributed by atoms with Crippen molar-refractivity contribution in [2.75, 3.05) is 0 Å². The highest BCUT2D eigenvalue weighted by atomic mass is 19.1. The van der Waals surface area contributed by atoms with E-state index in [2.05, 4.69) is 6.92 Å². The molecule has 0 saturated heterocycles. The van der Waals surface area contributed by atoms with Gasteiger partial charge in [-0.25, -0.2) is 4.39 Å². The molecule has 1 aliphatic carbocycles. The van der Waals surface area contributed by atoms with Gasteiger partial charge in [-0.05, 0) is 48.4 Å². The number of aryl methyl sites for hydroxylation is 1. The minimum absolute atomic E-state index is 0.206. The van der Waals surface area contributed by atoms with Gasteiger partial charge in [0.15, 0.2) is 11.6 Å². The van der Waals surface area contributed by atoms with Crippen LogP contribution in [-0.4, -0.2) is 5.11 Å². The van der Waals surface area contributed by atoms with E-state index in [1.807, 2.05) is 0 Å². The Morgan fingerprint density at radius 3 is 2.93 bits per heavy atom. The second-order valence-electron chi connectivity index (χ2n) is 4.47. The number of hydrogen-bond donors (Lipinski definition) is 1. The molecule has 2 rings (SSSR count). The smallest absolute Gasteiger partial charge is 0.165 e. The standard InChI is InChI=1S/C13H17FO/c1-2-3-9-4-5-10-8-13(15)12(14)7-11(10)6-9/h7-9,15H,2-6H2,1H3. The summed E-state index contributed by atoms with van der Waals surface area (Å²) in [5, 5.41) is 9.27. The van der Waals surface area contributed by atoms with E-state index in [0.717, 1.165) is 24.0 Å². The van der Waals surface area contributed by atoms with Crippen LogP contribution in [0.1, 0.15) is 37.3 Å². The summed E-state index contributed by atoms with van der Waals surface area (Å²) < 4.78 is 13.2. The first-order chi connectivity index (χ1) is 7.20. The van der Waals surface area contributed by atoms with Crippen molar-refractivity contribution in [1.82, 2.24) is 0 Å². The first-order valence-corrected chi connectivity index (χ1v) is 5.71. The van der Waals surface area contributed by atoms with Crippen LogP contribution in [0.25, 0.3) is 0 Å². The van der Waals surface area contributed by atoms with Crippen molar-refractivity contribution < 1.29 is 9.50 Å². The molecular formula is C13H17FO. The second-order valence-corrected chi connectivity index (χ2v) is 4.47. The monoisotopic (exact) mass is 208 g/mol. The fourth-order valence-electron chi connectivity index (χ4n) is 2.50. The molecule has 0 aromatic heterocycles. The molecular weight excluding hydrogens is 191 g/mol. The van der Waals surface area contributed by atoms with Crippen LogP contribution >= 0.6 is 0 Å². The van der Waals surface area contributed by atoms with Crippen molar-refractivity contribution in [3.05, 3.63) is 29.1 Å². The second kappa shape index (κ2) is 4.21. The number of aromatic hydroxyl groups is 1. The third-order valence-electron chi connectivity index (χ3n) is 3.30. The summed E-state index contributed by atoms with van der Waals surface area (Å²) in [4.78, 5) is 0. The van der Waals surface area contributed by atoms with Crippen molar-refractivity contribution in [2.24, 2.45) is 5.92 Å². The normalized spacial score (nSPS) is 20.0. The first kappa shape index (κ1) is 10.5. The topological polar surface area (TPSA) is 20.2 Å². The van der Waals surface area contributed by atoms with Gasteiger partial charge in [0.2, 0.25) is 0 Å². The minimum Gasteiger partial charge on any atom is -0.505 e. The number of fused-ring (bicyclic) bond motifs is 1. The Bertz CT molecular complexity index is 360. The number of halogens is 1. The molecule has 0 spiro atoms. The predicted octanol–water partition coefficient (Wildman–Crippen LogP) is 3.44. The third kappa shape index (κ3) is 2.14. The van der Waals surface area contributed by atoms with Crippen LogP contribution in [0.4, 0.5) is 4.39 Å². The van der Waals surface area contributed by atoms with E-state index in [0.29, 0.717) is 5.92 Å². The summed E-state index contributed by atoms with van der Waals surface area (Å²) in [6, 6.07) is 3.10. The quantitative estimate of drug-likeness (QED) is 0.789. The van der Waals surface area contributed by atoms with E-state index in [1.54, 1.807) is 6.07 Å². The van der Waals surface area contributed by atoms with Crippen molar-refractivity contribution >= 4 is 0 Å². The van der Waals surface area contributed by atoms with Crippen molar-refractivity contribution in [3.8, 4) is 5.75 Å². The lowest BCUT2D eigenvalue weighted by Gasteiger charge is -2.24. The molecule has 0 bridgehead atoms. The average Bonchev–Trinajstić information content (AvgIpc) is 2.21. The lowest BCUT2D eigenvalue weighted by molar-refractivity contribution is 0.407. The molecule has 82 valence electrons. The van der Waals surface area contributed by atoms with E-state index >= 15 is 0 Å². The molecule has 0 aliphatic heterocycles. The fraction of sp³-hybridized carbons (Fsp3) is 0.538. The van der Waals surface area contributed by atoms with Gasteiger partial charge >= 0.3 is 0 Å². The number of hydrogen-bond acceptors (Lipinski definition) is 1. The SMILES string of the molecule is CCCC1CCc2cc(O)c(F)cc2C1. The van der Waals surface area contributed by atoms with Crippen molar-refractivity contribution in [2.45, 2.75) is 39.0 Å². The number of phenols is 1. The highest BCUT2D eigenvalue weighted by Gasteiger charge is 2.19. The Kier molecular flexibility index (Phi) is 2.94. The van der Waals surface area contributed by atoms with Gasteiger partial charge in [0.05, 0.1) is 0 Å². The van der Waals surface area contributed by atoms with Gasteiger partial charge < -0.3 is 5.11 Å². The predicted molar refractivity (Wildman–Crippen MR) is 58.5 cm³/mol. The Labute approximate surface area is 89.9 Å². The number of phenolic OH excluding ortho intramolecular Hbond substituents is 1. The maximum Gasteiger partial charge on any atom is 0.165 e. The lowest BCUT2D eigenvalue weighted by atomic mass is 9.81. The summed E-state index contributed by atoms with van der Waals surface area (Å²) >= 11 is 0. The van der Waals surface area contributed by atoms with E-state index in [4.69, 9.17) is 0 Å². The van der Waals surface area contributed by atoms with Crippen LogP contribution in [-0.2, 0) is 12.8 Å². The molecule has 1 unspecified atom stereocenters. The summed E-state index contributed by atoms with van der Waals surface area (Å²) in [5.74, 6) is 0.0139. The molecule has 1 nitrogen and oxygen atoms in total. The first-order valence-electron chi connectivity index (χ1n) is 5.71. The molecule has 1 atom stereocenters. The van der Waals surface area contributed by atoms with E-state index < -0.39 is 5.82 Å². The third-order valence-corrected chi connectivity index (χ3v) is 3.30. The largest absolute Gasteiger partial charge is 0.505 e. The molecule has 1 aromatic carbocycles. The Morgan fingerprint density at radius 1 is 1.40 bits per heavy atom. The minimum atomic E-state index is -0.481. The zero-order valence-corrected chi connectivity index (χ0v) is 9.09. The Morgan fingerprint density at radius 2 is 2.20 bits per heavy atom. The van der Waals surface area contributed by atoms with Gasteiger partial charge in [-0.15, -0.1) is 0 Å². The highest BCUT2D eigenvalue weighted by Crippen LogP contribution is 2.31. The molecule has 0 heterocycles. The zero-order valence-electron chi connectivity index (χ0n) is 9.09. The summed E-state index contributed by atoms with van der Waals surface area (Å²) in [6.07, 6.45) is 5.54. The van der Waals surface area contributed by atoms with Gasteiger partial charge in [0.1, 0.15) is 0 Å². The average molecular weight is 208 g/mol. The van der Waals surface area contributed by atoms with E-state index in [9.17, 15) is 9.50 Å².